The van der Waals surface area contributed by atoms with Crippen LogP contribution in [0.15, 0.2) is 79.7 Å². The largest absolute Gasteiger partial charge is 0.506 e. The van der Waals surface area contributed by atoms with E-state index in [1.54, 1.807) is 17.2 Å². The van der Waals surface area contributed by atoms with Crippen molar-refractivity contribution in [2.75, 3.05) is 29.9 Å². The number of allylic oxidation sites excluding steroid dienone is 1. The third-order valence-electron chi connectivity index (χ3n) is 9.43. The number of nitrogens with one attached hydrogen (secondary N) is 1. The molecule has 1 unspecified atom stereocenters. The molecule has 7 nitrogen and oxygen atoms in total. The summed E-state index contributed by atoms with van der Waals surface area (Å²) in [6.07, 6.45) is 10.2. The Bertz CT molecular complexity index is 1760. The highest BCUT2D eigenvalue weighted by atomic mass is 16.3. The molecule has 0 saturated heterocycles. The summed E-state index contributed by atoms with van der Waals surface area (Å²) in [5.74, 6) is 0.602. The summed E-state index contributed by atoms with van der Waals surface area (Å²) < 4.78 is 2.50. The summed E-state index contributed by atoms with van der Waals surface area (Å²) in [7, 11) is 0. The molecule has 0 aliphatic carbocycles. The lowest BCUT2D eigenvalue weighted by Gasteiger charge is -2.27. The van der Waals surface area contributed by atoms with E-state index < -0.39 is 0 Å². The van der Waals surface area contributed by atoms with Crippen LogP contribution < -0.4 is 10.2 Å². The van der Waals surface area contributed by atoms with Crippen molar-refractivity contribution >= 4 is 28.2 Å². The number of anilines is 2. The zero-order valence-electron chi connectivity index (χ0n) is 33.3. The Balaban J connectivity index is 0.00000358. The van der Waals surface area contributed by atoms with E-state index in [0.717, 1.165) is 44.0 Å². The second-order valence-electron chi connectivity index (χ2n) is 14.2. The maximum absolute atomic E-state index is 13.3. The number of carbonyl (C=O) groups is 1. The van der Waals surface area contributed by atoms with Gasteiger partial charge in [-0.2, -0.15) is 0 Å². The smallest absolute Gasteiger partial charge is 0.255 e. The van der Waals surface area contributed by atoms with E-state index >= 15 is 0 Å². The van der Waals surface area contributed by atoms with Gasteiger partial charge in [-0.25, -0.2) is 0 Å². The highest BCUT2D eigenvalue weighted by Crippen LogP contribution is 2.40. The van der Waals surface area contributed by atoms with Crippen molar-refractivity contribution in [1.82, 2.24) is 9.47 Å². The van der Waals surface area contributed by atoms with E-state index in [9.17, 15) is 15.0 Å². The van der Waals surface area contributed by atoms with Crippen molar-refractivity contribution in [3.05, 3.63) is 108 Å². The summed E-state index contributed by atoms with van der Waals surface area (Å²) in [6, 6.07) is 17.2. The highest BCUT2D eigenvalue weighted by Gasteiger charge is 2.18. The topological polar surface area (TPSA) is 81.0 Å². The second kappa shape index (κ2) is 20.5. The Hall–Kier alpha value is -4.49. The first kappa shape index (κ1) is 41.9. The van der Waals surface area contributed by atoms with E-state index in [0.29, 0.717) is 23.6 Å². The van der Waals surface area contributed by atoms with Crippen LogP contribution in [0.2, 0.25) is 0 Å². The van der Waals surface area contributed by atoms with Gasteiger partial charge in [-0.3, -0.25) is 4.79 Å². The van der Waals surface area contributed by atoms with Crippen molar-refractivity contribution in [3.63, 3.8) is 0 Å². The van der Waals surface area contributed by atoms with Crippen molar-refractivity contribution in [2.24, 2.45) is 11.8 Å². The van der Waals surface area contributed by atoms with Gasteiger partial charge < -0.3 is 29.9 Å². The summed E-state index contributed by atoms with van der Waals surface area (Å²) in [5, 5.41) is 25.6. The number of aryl methyl sites for hydroxylation is 1. The van der Waals surface area contributed by atoms with Gasteiger partial charge in [0.25, 0.3) is 5.91 Å². The van der Waals surface area contributed by atoms with Crippen LogP contribution in [0.4, 0.5) is 11.4 Å². The molecule has 0 radical (unpaired) electrons. The number of phenolic OH excluding ortho intramolecular Hbond substituents is 2. The van der Waals surface area contributed by atoms with Gasteiger partial charge in [0, 0.05) is 65.5 Å². The molecule has 282 valence electrons. The van der Waals surface area contributed by atoms with Crippen LogP contribution in [0.1, 0.15) is 107 Å². The fraction of sp³-hybridized carbons (Fsp3) is 0.444. The van der Waals surface area contributed by atoms with E-state index in [1.165, 1.54) is 65.4 Å². The summed E-state index contributed by atoms with van der Waals surface area (Å²) in [5.41, 5.74) is 7.13. The summed E-state index contributed by atoms with van der Waals surface area (Å²) >= 11 is 0. The van der Waals surface area contributed by atoms with Gasteiger partial charge in [0.15, 0.2) is 0 Å². The fourth-order valence-corrected chi connectivity index (χ4v) is 6.69. The number of carbonyl (C=O) groups excluding carboxylic acids is 1. The number of phenols is 2. The molecule has 4 rings (SSSR count). The average Bonchev–Trinajstić information content (AvgIpc) is 3.34. The number of unbranched alkanes of at least 4 members (excludes halogenated alkanes) is 1. The number of hydrogen-bond donors (Lipinski definition) is 3. The number of aromatic nitrogens is 1. The molecule has 0 saturated carbocycles. The molecule has 0 aliphatic heterocycles. The van der Waals surface area contributed by atoms with Gasteiger partial charge in [0.05, 0.1) is 0 Å². The maximum Gasteiger partial charge on any atom is 0.255 e. The van der Waals surface area contributed by atoms with Crippen molar-refractivity contribution in [3.8, 4) is 11.5 Å². The van der Waals surface area contributed by atoms with E-state index in [1.807, 2.05) is 38.1 Å². The standard InChI is InChI=1S/C43H58N4O3.C2H6/c1-9-12-13-21-46(11-3)42-40(48)26-37(27-41(42)49)44-43(50)36-16-14-15-34(24-36)23-35-17-18-39-38(25-35)32(7)33(8)47(39)29-31(6)28-45(20-10-2)22-19-30(4)5;1-2/h11,13-18,21,24-27,30-31,48-49H,3,9-10,12,19-20,22-23,28-29H2,1-2,4-8H3,(H,44,50);1-2H3/b21-13-;. The Morgan fingerprint density at radius 3 is 2.27 bits per heavy atom. The number of hydrogen-bond acceptors (Lipinski definition) is 5. The van der Waals surface area contributed by atoms with Gasteiger partial charge in [-0.05, 0) is 105 Å². The van der Waals surface area contributed by atoms with Gasteiger partial charge in [-0.1, -0.05) is 85.7 Å². The predicted octanol–water partition coefficient (Wildman–Crippen LogP) is 11.2. The lowest BCUT2D eigenvalue weighted by atomic mass is 10.0. The van der Waals surface area contributed by atoms with Gasteiger partial charge >= 0.3 is 0 Å². The first-order chi connectivity index (χ1) is 24.9. The lowest BCUT2D eigenvalue weighted by Crippen LogP contribution is -2.32. The number of nitrogens with zero attached hydrogens (tertiary/aromatic N) is 3. The van der Waals surface area contributed by atoms with Crippen molar-refractivity contribution in [2.45, 2.75) is 101 Å². The molecule has 1 amide bonds. The third-order valence-corrected chi connectivity index (χ3v) is 9.43. The quantitative estimate of drug-likeness (QED) is 0.0959. The van der Waals surface area contributed by atoms with E-state index in [-0.39, 0.29) is 23.1 Å². The molecule has 52 heavy (non-hydrogen) atoms. The fourth-order valence-electron chi connectivity index (χ4n) is 6.69. The molecule has 7 heteroatoms. The molecule has 1 atom stereocenters. The van der Waals surface area contributed by atoms with Crippen LogP contribution in [0.25, 0.3) is 10.9 Å². The summed E-state index contributed by atoms with van der Waals surface area (Å²) in [4.78, 5) is 17.5. The van der Waals surface area contributed by atoms with Crippen molar-refractivity contribution in [1.29, 1.82) is 0 Å². The highest BCUT2D eigenvalue weighted by molar-refractivity contribution is 6.05. The predicted molar refractivity (Wildman–Crippen MR) is 222 cm³/mol. The van der Waals surface area contributed by atoms with Crippen LogP contribution in [0.5, 0.6) is 11.5 Å². The molecule has 0 spiro atoms. The van der Waals surface area contributed by atoms with Crippen molar-refractivity contribution < 1.29 is 15.0 Å². The van der Waals surface area contributed by atoms with Crippen LogP contribution in [-0.2, 0) is 13.0 Å². The lowest BCUT2D eigenvalue weighted by molar-refractivity contribution is 0.102. The number of rotatable bonds is 18. The molecular weight excluding hydrogens is 645 g/mol. The SMILES string of the molecule is C=CN(/C=C\CCC)c1c(O)cc(NC(=O)c2cccc(Cc3ccc4c(c3)c(C)c(C)n4CC(C)CN(CCC)CCC(C)C)c2)cc1O.CC. The molecular formula is C45H64N4O3. The van der Waals surface area contributed by atoms with E-state index in [4.69, 9.17) is 0 Å². The molecule has 3 aromatic carbocycles. The Kier molecular flexibility index (Phi) is 16.5. The number of aromatic hydroxyl groups is 2. The zero-order valence-corrected chi connectivity index (χ0v) is 33.3. The molecule has 3 N–H and O–H groups in total. The molecule has 4 aromatic rings. The maximum atomic E-state index is 13.3. The van der Waals surface area contributed by atoms with Crippen LogP contribution in [-0.4, -0.2) is 45.2 Å². The number of amides is 1. The van der Waals surface area contributed by atoms with Crippen LogP contribution in [0, 0.1) is 25.7 Å². The minimum absolute atomic E-state index is 0.167. The minimum Gasteiger partial charge on any atom is -0.506 e. The number of benzene rings is 3. The normalized spacial score (nSPS) is 12.0. The molecule has 0 aliphatic rings. The van der Waals surface area contributed by atoms with Gasteiger partial charge in [0.1, 0.15) is 17.2 Å². The zero-order chi connectivity index (χ0) is 38.4. The van der Waals surface area contributed by atoms with Gasteiger partial charge in [0.2, 0.25) is 0 Å². The first-order valence-corrected chi connectivity index (χ1v) is 19.3. The van der Waals surface area contributed by atoms with Crippen LogP contribution in [0.3, 0.4) is 0 Å². The molecule has 1 heterocycles. The second-order valence-corrected chi connectivity index (χ2v) is 14.2. The third kappa shape index (κ3) is 11.3. The minimum atomic E-state index is -0.323. The molecule has 0 bridgehead atoms. The molecule has 1 aromatic heterocycles. The summed E-state index contributed by atoms with van der Waals surface area (Å²) in [6.45, 7) is 28.0. The van der Waals surface area contributed by atoms with E-state index in [2.05, 4.69) is 88.0 Å². The Morgan fingerprint density at radius 2 is 1.63 bits per heavy atom. The molecule has 0 fully saturated rings. The first-order valence-electron chi connectivity index (χ1n) is 19.3. The Morgan fingerprint density at radius 1 is 0.942 bits per heavy atom. The monoisotopic (exact) mass is 708 g/mol. The van der Waals surface area contributed by atoms with Crippen LogP contribution >= 0.6 is 0 Å². The average molecular weight is 709 g/mol. The van der Waals surface area contributed by atoms with Gasteiger partial charge in [-0.15, -0.1) is 0 Å². The Labute approximate surface area is 313 Å². The number of fused-ring (bicyclic) bond motifs is 1.